The van der Waals surface area contributed by atoms with E-state index in [4.69, 9.17) is 9.84 Å². The van der Waals surface area contributed by atoms with Crippen LogP contribution in [0.3, 0.4) is 0 Å². The predicted molar refractivity (Wildman–Crippen MR) is 67.5 cm³/mol. The molecule has 0 amide bonds. The van der Waals surface area contributed by atoms with Crippen molar-refractivity contribution in [2.45, 2.75) is 39.0 Å². The quantitative estimate of drug-likeness (QED) is 0.788. The molecule has 0 saturated heterocycles. The van der Waals surface area contributed by atoms with Gasteiger partial charge in [0.25, 0.3) is 0 Å². The molecule has 3 heteroatoms. The summed E-state index contributed by atoms with van der Waals surface area (Å²) >= 11 is 0. The van der Waals surface area contributed by atoms with Crippen LogP contribution in [-0.2, 0) is 4.79 Å². The molecule has 0 aliphatic heterocycles. The fourth-order valence-corrected chi connectivity index (χ4v) is 1.71. The van der Waals surface area contributed by atoms with Crippen LogP contribution in [0.4, 0.5) is 0 Å². The summed E-state index contributed by atoms with van der Waals surface area (Å²) in [5.41, 5.74) is 1.28. The van der Waals surface area contributed by atoms with E-state index < -0.39 is 5.97 Å². The third-order valence-corrected chi connectivity index (χ3v) is 2.80. The highest BCUT2D eigenvalue weighted by atomic mass is 16.5. The zero-order valence-corrected chi connectivity index (χ0v) is 10.5. The van der Waals surface area contributed by atoms with Gasteiger partial charge in [0.1, 0.15) is 5.75 Å². The lowest BCUT2D eigenvalue weighted by atomic mass is 9.96. The Bertz CT molecular complexity index is 343. The Labute approximate surface area is 102 Å². The number of hydrogen-bond donors (Lipinski definition) is 1. The predicted octanol–water partition coefficient (Wildman–Crippen LogP) is 3.44. The number of benzene rings is 1. The minimum absolute atomic E-state index is 0.287. The lowest BCUT2D eigenvalue weighted by Gasteiger charge is -2.12. The number of unbranched alkanes of at least 4 members (excludes halogenated alkanes) is 1. The maximum Gasteiger partial charge on any atom is 0.341 e. The number of hydrogen-bond acceptors (Lipinski definition) is 2. The summed E-state index contributed by atoms with van der Waals surface area (Å²) in [5.74, 6) is 0.202. The molecule has 1 rings (SSSR count). The van der Waals surface area contributed by atoms with Gasteiger partial charge in [-0.15, -0.1) is 0 Å². The first-order valence-electron chi connectivity index (χ1n) is 6.08. The van der Waals surface area contributed by atoms with E-state index >= 15 is 0 Å². The van der Waals surface area contributed by atoms with Crippen LogP contribution >= 0.6 is 0 Å². The Morgan fingerprint density at radius 2 is 2.00 bits per heavy atom. The van der Waals surface area contributed by atoms with Gasteiger partial charge >= 0.3 is 5.97 Å². The highest BCUT2D eigenvalue weighted by Gasteiger charge is 2.05. The first-order chi connectivity index (χ1) is 8.13. The molecule has 0 aliphatic carbocycles. The summed E-state index contributed by atoms with van der Waals surface area (Å²) in [6.07, 6.45) is 3.63. The van der Waals surface area contributed by atoms with Crippen molar-refractivity contribution in [3.05, 3.63) is 29.8 Å². The molecule has 94 valence electrons. The van der Waals surface area contributed by atoms with Crippen molar-refractivity contribution in [3.8, 4) is 5.75 Å². The third-order valence-electron chi connectivity index (χ3n) is 2.80. The number of ether oxygens (including phenoxy) is 1. The fraction of sp³-hybridized carbons (Fsp3) is 0.500. The van der Waals surface area contributed by atoms with Crippen molar-refractivity contribution in [2.24, 2.45) is 0 Å². The molecule has 1 atom stereocenters. The van der Waals surface area contributed by atoms with E-state index in [1.807, 2.05) is 24.3 Å². The Hall–Kier alpha value is -1.51. The smallest absolute Gasteiger partial charge is 0.341 e. The average molecular weight is 236 g/mol. The molecule has 0 bridgehead atoms. The van der Waals surface area contributed by atoms with Crippen LogP contribution in [-0.4, -0.2) is 17.7 Å². The molecule has 1 aromatic rings. The van der Waals surface area contributed by atoms with E-state index in [0.29, 0.717) is 11.7 Å². The van der Waals surface area contributed by atoms with Gasteiger partial charge in [-0.3, -0.25) is 0 Å². The maximum atomic E-state index is 10.3. The van der Waals surface area contributed by atoms with Crippen molar-refractivity contribution < 1.29 is 14.6 Å². The van der Waals surface area contributed by atoms with E-state index in [1.54, 1.807) is 0 Å². The highest BCUT2D eigenvalue weighted by molar-refractivity contribution is 5.68. The number of carboxylic acid groups (broad SMARTS) is 1. The summed E-state index contributed by atoms with van der Waals surface area (Å²) in [4.78, 5) is 10.3. The van der Waals surface area contributed by atoms with Crippen LogP contribution in [0.15, 0.2) is 24.3 Å². The highest BCUT2D eigenvalue weighted by Crippen LogP contribution is 2.23. The van der Waals surface area contributed by atoms with Crippen LogP contribution in [0.25, 0.3) is 0 Å². The Morgan fingerprint density at radius 3 is 2.53 bits per heavy atom. The molecule has 0 aliphatic rings. The van der Waals surface area contributed by atoms with Crippen LogP contribution < -0.4 is 4.74 Å². The minimum atomic E-state index is -0.953. The molecule has 3 nitrogen and oxygen atoms in total. The minimum Gasteiger partial charge on any atom is -0.482 e. The first kappa shape index (κ1) is 13.6. The molecule has 0 saturated carbocycles. The molecule has 0 spiro atoms. The third kappa shape index (κ3) is 4.89. The fourth-order valence-electron chi connectivity index (χ4n) is 1.71. The zero-order valence-electron chi connectivity index (χ0n) is 10.5. The zero-order chi connectivity index (χ0) is 12.7. The first-order valence-corrected chi connectivity index (χ1v) is 6.08. The molecule has 17 heavy (non-hydrogen) atoms. The van der Waals surface area contributed by atoms with Crippen LogP contribution in [0.5, 0.6) is 5.75 Å². The van der Waals surface area contributed by atoms with Gasteiger partial charge in [0.05, 0.1) is 0 Å². The molecule has 1 N–H and O–H groups in total. The van der Waals surface area contributed by atoms with E-state index in [9.17, 15) is 4.79 Å². The largest absolute Gasteiger partial charge is 0.482 e. The number of carbonyl (C=O) groups is 1. The second-order valence-corrected chi connectivity index (χ2v) is 4.29. The van der Waals surface area contributed by atoms with Gasteiger partial charge in [-0.2, -0.15) is 0 Å². The Kier molecular flexibility index (Phi) is 5.53. The van der Waals surface area contributed by atoms with E-state index in [0.717, 1.165) is 0 Å². The lowest BCUT2D eigenvalue weighted by Crippen LogP contribution is -2.09. The van der Waals surface area contributed by atoms with Crippen LogP contribution in [0.1, 0.15) is 44.6 Å². The molecule has 0 aromatic heterocycles. The van der Waals surface area contributed by atoms with Gasteiger partial charge in [-0.05, 0) is 30.0 Å². The van der Waals surface area contributed by atoms with Crippen molar-refractivity contribution in [3.63, 3.8) is 0 Å². The molecule has 1 aromatic carbocycles. The molecular formula is C14H20O3. The maximum absolute atomic E-state index is 10.3. The van der Waals surface area contributed by atoms with E-state index in [2.05, 4.69) is 13.8 Å². The van der Waals surface area contributed by atoms with Crippen molar-refractivity contribution in [1.29, 1.82) is 0 Å². The summed E-state index contributed by atoms with van der Waals surface area (Å²) < 4.78 is 5.08. The summed E-state index contributed by atoms with van der Waals surface area (Å²) in [7, 11) is 0. The van der Waals surface area contributed by atoms with Crippen LogP contribution in [0, 0.1) is 0 Å². The summed E-state index contributed by atoms with van der Waals surface area (Å²) in [5, 5.41) is 8.49. The topological polar surface area (TPSA) is 46.5 Å². The monoisotopic (exact) mass is 236 g/mol. The van der Waals surface area contributed by atoms with E-state index in [1.165, 1.54) is 24.8 Å². The average Bonchev–Trinajstić information content (AvgIpc) is 2.34. The van der Waals surface area contributed by atoms with Gasteiger partial charge < -0.3 is 9.84 Å². The van der Waals surface area contributed by atoms with Gasteiger partial charge in [0.15, 0.2) is 6.61 Å². The van der Waals surface area contributed by atoms with E-state index in [-0.39, 0.29) is 6.61 Å². The van der Waals surface area contributed by atoms with Crippen molar-refractivity contribution in [2.75, 3.05) is 6.61 Å². The number of aliphatic carboxylic acids is 1. The summed E-state index contributed by atoms with van der Waals surface area (Å²) in [6, 6.07) is 7.69. The molecule has 0 heterocycles. The summed E-state index contributed by atoms with van der Waals surface area (Å²) in [6.45, 7) is 4.11. The van der Waals surface area contributed by atoms with Gasteiger partial charge in [-0.25, -0.2) is 4.79 Å². The van der Waals surface area contributed by atoms with Gasteiger partial charge in [-0.1, -0.05) is 38.8 Å². The molecule has 0 radical (unpaired) electrons. The SMILES string of the molecule is CCCCC(C)c1ccc(OCC(=O)O)cc1. The number of rotatable bonds is 7. The van der Waals surface area contributed by atoms with Crippen molar-refractivity contribution in [1.82, 2.24) is 0 Å². The van der Waals surface area contributed by atoms with Gasteiger partial charge in [0, 0.05) is 0 Å². The van der Waals surface area contributed by atoms with Crippen LogP contribution in [0.2, 0.25) is 0 Å². The second-order valence-electron chi connectivity index (χ2n) is 4.29. The standard InChI is InChI=1S/C14H20O3/c1-3-4-5-11(2)12-6-8-13(9-7-12)17-10-14(15)16/h6-9,11H,3-5,10H2,1-2H3,(H,15,16). The molecular weight excluding hydrogens is 216 g/mol. The molecule has 0 fully saturated rings. The lowest BCUT2D eigenvalue weighted by molar-refractivity contribution is -0.139. The Balaban J connectivity index is 2.51. The van der Waals surface area contributed by atoms with Crippen molar-refractivity contribution >= 4 is 5.97 Å². The number of carboxylic acids is 1. The van der Waals surface area contributed by atoms with Gasteiger partial charge in [0.2, 0.25) is 0 Å². The normalized spacial score (nSPS) is 12.1. The second kappa shape index (κ2) is 6.94. The molecule has 1 unspecified atom stereocenters. The Morgan fingerprint density at radius 1 is 1.35 bits per heavy atom.